The predicted octanol–water partition coefficient (Wildman–Crippen LogP) is 3.99. The van der Waals surface area contributed by atoms with Gasteiger partial charge < -0.3 is 19.7 Å². The van der Waals surface area contributed by atoms with Gasteiger partial charge in [-0.25, -0.2) is 0 Å². The molecule has 2 aromatic rings. The number of hydrogen-bond acceptors (Lipinski definition) is 4. The molecule has 27 heavy (non-hydrogen) atoms. The first-order valence-corrected chi connectivity index (χ1v) is 8.42. The van der Waals surface area contributed by atoms with Gasteiger partial charge in [-0.2, -0.15) is 0 Å². The number of halogens is 3. The number of fused-ring (bicyclic) bond motifs is 1. The van der Waals surface area contributed by atoms with Crippen molar-refractivity contribution in [1.29, 1.82) is 0 Å². The summed E-state index contributed by atoms with van der Waals surface area (Å²) in [5, 5.41) is 2.69. The lowest BCUT2D eigenvalue weighted by atomic mass is 10.0. The van der Waals surface area contributed by atoms with Gasteiger partial charge in [-0.1, -0.05) is 12.1 Å². The largest absolute Gasteiger partial charge is 0.573 e. The molecule has 144 valence electrons. The first-order valence-electron chi connectivity index (χ1n) is 8.42. The molecule has 1 amide bonds. The van der Waals surface area contributed by atoms with Crippen molar-refractivity contribution >= 4 is 17.3 Å². The molecule has 0 spiro atoms. The van der Waals surface area contributed by atoms with Crippen molar-refractivity contribution in [1.82, 2.24) is 0 Å². The maximum atomic E-state index is 12.4. The van der Waals surface area contributed by atoms with Gasteiger partial charge in [0.05, 0.1) is 19.3 Å². The Morgan fingerprint density at radius 2 is 1.93 bits per heavy atom. The van der Waals surface area contributed by atoms with E-state index in [1.807, 2.05) is 23.1 Å². The molecule has 0 aliphatic carbocycles. The van der Waals surface area contributed by atoms with Crippen LogP contribution in [0.3, 0.4) is 0 Å². The summed E-state index contributed by atoms with van der Waals surface area (Å²) in [6.45, 7) is 0.841. The molecule has 0 saturated carbocycles. The summed E-state index contributed by atoms with van der Waals surface area (Å²) < 4.78 is 45.8. The number of aryl methyl sites for hydroxylation is 1. The minimum Gasteiger partial charge on any atom is -0.495 e. The molecule has 0 bridgehead atoms. The smallest absolute Gasteiger partial charge is 0.495 e. The number of methoxy groups -OCH3 is 1. The predicted molar refractivity (Wildman–Crippen MR) is 95.3 cm³/mol. The second-order valence-corrected chi connectivity index (χ2v) is 6.11. The summed E-state index contributed by atoms with van der Waals surface area (Å²) in [7, 11) is 1.59. The summed E-state index contributed by atoms with van der Waals surface area (Å²) in [6.07, 6.45) is -2.90. The summed E-state index contributed by atoms with van der Waals surface area (Å²) in [5.41, 5.74) is 2.43. The van der Waals surface area contributed by atoms with Crippen LogP contribution in [0.15, 0.2) is 42.5 Å². The molecule has 0 unspecified atom stereocenters. The van der Waals surface area contributed by atoms with Gasteiger partial charge in [0.15, 0.2) is 0 Å². The van der Waals surface area contributed by atoms with E-state index in [0.29, 0.717) is 11.4 Å². The molecule has 0 saturated heterocycles. The maximum Gasteiger partial charge on any atom is 0.573 e. The summed E-state index contributed by atoms with van der Waals surface area (Å²) in [4.78, 5) is 14.4. The Labute approximate surface area is 154 Å². The minimum atomic E-state index is -4.74. The van der Waals surface area contributed by atoms with Gasteiger partial charge >= 0.3 is 6.36 Å². The van der Waals surface area contributed by atoms with Crippen molar-refractivity contribution < 1.29 is 27.4 Å². The highest BCUT2D eigenvalue weighted by Crippen LogP contribution is 2.36. The van der Waals surface area contributed by atoms with Crippen LogP contribution < -0.4 is 19.7 Å². The Morgan fingerprint density at radius 1 is 1.19 bits per heavy atom. The minimum absolute atomic E-state index is 0.119. The average molecular weight is 380 g/mol. The van der Waals surface area contributed by atoms with E-state index in [4.69, 9.17) is 4.74 Å². The monoisotopic (exact) mass is 380 g/mol. The molecule has 0 aromatic heterocycles. The fourth-order valence-corrected chi connectivity index (χ4v) is 3.14. The number of para-hydroxylation sites is 1. The molecule has 1 aliphatic rings. The van der Waals surface area contributed by atoms with Gasteiger partial charge in [-0.15, -0.1) is 13.2 Å². The summed E-state index contributed by atoms with van der Waals surface area (Å²) in [5.74, 6) is 0.113. The standard InChI is InChI=1S/C19H19F3N2O3/c1-26-16-6-2-4-13-5-3-11-24(18(13)16)12-17(25)23-14-7-9-15(10-8-14)27-19(20,21)22/h2,4,6-10H,3,5,11-12H2,1H3,(H,23,25). The van der Waals surface area contributed by atoms with Gasteiger partial charge in [0.1, 0.15) is 11.5 Å². The lowest BCUT2D eigenvalue weighted by molar-refractivity contribution is -0.274. The Bertz CT molecular complexity index is 793. The molecule has 8 heteroatoms. The van der Waals surface area contributed by atoms with Crippen molar-refractivity contribution in [2.75, 3.05) is 30.4 Å². The molecule has 0 radical (unpaired) electrons. The van der Waals surface area contributed by atoms with E-state index in [0.717, 1.165) is 42.8 Å². The van der Waals surface area contributed by atoms with Gasteiger partial charge in [0, 0.05) is 12.2 Å². The Balaban J connectivity index is 1.66. The first kappa shape index (κ1) is 18.9. The van der Waals surface area contributed by atoms with Crippen LogP contribution in [0.5, 0.6) is 11.5 Å². The molecule has 0 fully saturated rings. The molecule has 5 nitrogen and oxygen atoms in total. The average Bonchev–Trinajstić information content (AvgIpc) is 2.62. The molecular formula is C19H19F3N2O3. The highest BCUT2D eigenvalue weighted by atomic mass is 19.4. The van der Waals surface area contributed by atoms with Gasteiger partial charge in [0.25, 0.3) is 0 Å². The van der Waals surface area contributed by atoms with E-state index in [2.05, 4.69) is 10.1 Å². The highest BCUT2D eigenvalue weighted by Gasteiger charge is 2.31. The fourth-order valence-electron chi connectivity index (χ4n) is 3.14. The molecule has 3 rings (SSSR count). The number of alkyl halides is 3. The number of rotatable bonds is 5. The number of nitrogens with zero attached hydrogens (tertiary/aromatic N) is 1. The third-order valence-electron chi connectivity index (χ3n) is 4.20. The van der Waals surface area contributed by atoms with Crippen molar-refractivity contribution in [3.8, 4) is 11.5 Å². The van der Waals surface area contributed by atoms with Crippen LogP contribution in [0.2, 0.25) is 0 Å². The number of ether oxygens (including phenoxy) is 2. The second-order valence-electron chi connectivity index (χ2n) is 6.11. The van der Waals surface area contributed by atoms with Crippen molar-refractivity contribution in [3.63, 3.8) is 0 Å². The van der Waals surface area contributed by atoms with Crippen LogP contribution in [0, 0.1) is 0 Å². The number of carbonyl (C=O) groups excluding carboxylic acids is 1. The number of nitrogens with one attached hydrogen (secondary N) is 1. The van der Waals surface area contributed by atoms with E-state index < -0.39 is 6.36 Å². The maximum absolute atomic E-state index is 12.4. The molecule has 1 N–H and O–H groups in total. The van der Waals surface area contributed by atoms with Crippen molar-refractivity contribution in [2.24, 2.45) is 0 Å². The third-order valence-corrected chi connectivity index (χ3v) is 4.20. The molecular weight excluding hydrogens is 361 g/mol. The fraction of sp³-hybridized carbons (Fsp3) is 0.316. The van der Waals surface area contributed by atoms with Crippen molar-refractivity contribution in [3.05, 3.63) is 48.0 Å². The molecule has 2 aromatic carbocycles. The Hall–Kier alpha value is -2.90. The first-order chi connectivity index (χ1) is 12.9. The lowest BCUT2D eigenvalue weighted by Gasteiger charge is -2.32. The highest BCUT2D eigenvalue weighted by molar-refractivity contribution is 5.94. The molecule has 0 atom stereocenters. The zero-order chi connectivity index (χ0) is 19.4. The van der Waals surface area contributed by atoms with Crippen molar-refractivity contribution in [2.45, 2.75) is 19.2 Å². The van der Waals surface area contributed by atoms with E-state index in [1.165, 1.54) is 12.1 Å². The Kier molecular flexibility index (Phi) is 5.43. The van der Waals surface area contributed by atoms with Crippen LogP contribution in [-0.2, 0) is 11.2 Å². The third kappa shape index (κ3) is 4.84. The van der Waals surface area contributed by atoms with Crippen LogP contribution in [0.25, 0.3) is 0 Å². The topological polar surface area (TPSA) is 50.8 Å². The van der Waals surface area contributed by atoms with Crippen LogP contribution in [0.1, 0.15) is 12.0 Å². The number of hydrogen-bond donors (Lipinski definition) is 1. The summed E-state index contributed by atoms with van der Waals surface area (Å²) >= 11 is 0. The molecule has 1 aliphatic heterocycles. The SMILES string of the molecule is COc1cccc2c1N(CC(=O)Nc1ccc(OC(F)(F)F)cc1)CCC2. The van der Waals surface area contributed by atoms with E-state index >= 15 is 0 Å². The number of anilines is 2. The lowest BCUT2D eigenvalue weighted by Crippen LogP contribution is -2.37. The zero-order valence-corrected chi connectivity index (χ0v) is 14.7. The zero-order valence-electron chi connectivity index (χ0n) is 14.7. The van der Waals surface area contributed by atoms with Gasteiger partial charge in [-0.05, 0) is 48.7 Å². The Morgan fingerprint density at radius 3 is 2.59 bits per heavy atom. The van der Waals surface area contributed by atoms with E-state index in [9.17, 15) is 18.0 Å². The van der Waals surface area contributed by atoms with Gasteiger partial charge in [0.2, 0.25) is 5.91 Å². The van der Waals surface area contributed by atoms with E-state index in [1.54, 1.807) is 7.11 Å². The molecule has 1 heterocycles. The van der Waals surface area contributed by atoms with Crippen LogP contribution in [-0.4, -0.2) is 32.5 Å². The number of carbonyl (C=O) groups is 1. The second kappa shape index (κ2) is 7.77. The number of benzene rings is 2. The summed E-state index contributed by atoms with van der Waals surface area (Å²) in [6, 6.07) is 10.8. The van der Waals surface area contributed by atoms with Crippen LogP contribution >= 0.6 is 0 Å². The van der Waals surface area contributed by atoms with Crippen LogP contribution in [0.4, 0.5) is 24.5 Å². The quantitative estimate of drug-likeness (QED) is 0.852. The van der Waals surface area contributed by atoms with E-state index in [-0.39, 0.29) is 18.2 Å². The van der Waals surface area contributed by atoms with Gasteiger partial charge in [-0.3, -0.25) is 4.79 Å². The number of amides is 1. The normalized spacial score (nSPS) is 13.7.